The average Bonchev–Trinajstić information content (AvgIpc) is 3.01. The zero-order valence-electron chi connectivity index (χ0n) is 17.9. The predicted molar refractivity (Wildman–Crippen MR) is 108 cm³/mol. The summed E-state index contributed by atoms with van der Waals surface area (Å²) in [5.74, 6) is -0.833. The van der Waals surface area contributed by atoms with Gasteiger partial charge in [0.1, 0.15) is 17.8 Å². The summed E-state index contributed by atoms with van der Waals surface area (Å²) in [6, 6.07) is 0.382. The number of piperidine rings is 1. The van der Waals surface area contributed by atoms with Crippen LogP contribution in [0, 0.1) is 11.3 Å². The van der Waals surface area contributed by atoms with Gasteiger partial charge >= 0.3 is 0 Å². The van der Waals surface area contributed by atoms with Crippen LogP contribution < -0.4 is 0 Å². The Kier molecular flexibility index (Phi) is 4.63. The molecule has 1 spiro atoms. The van der Waals surface area contributed by atoms with Crippen molar-refractivity contribution in [2.75, 3.05) is 41.0 Å². The van der Waals surface area contributed by atoms with E-state index >= 15 is 0 Å². The fraction of sp³-hybridized carbons (Fsp3) is 0.739. The predicted octanol–water partition coefficient (Wildman–Crippen LogP) is 2.05. The average molecular weight is 404 g/mol. The molecule has 0 aromatic rings. The smallest absolute Gasteiger partial charge is 0.209 e. The Morgan fingerprint density at radius 1 is 1.24 bits per heavy atom. The van der Waals surface area contributed by atoms with Crippen LogP contribution in [0.2, 0.25) is 0 Å². The number of rotatable bonds is 6. The summed E-state index contributed by atoms with van der Waals surface area (Å²) in [6.07, 6.45) is 10.1. The number of hydrogen-bond acceptors (Lipinski definition) is 6. The number of hydrogen-bond donors (Lipinski definition) is 1. The van der Waals surface area contributed by atoms with Crippen LogP contribution in [0.3, 0.4) is 0 Å². The van der Waals surface area contributed by atoms with Gasteiger partial charge < -0.3 is 29.0 Å². The lowest BCUT2D eigenvalue weighted by Crippen LogP contribution is -2.68. The molecule has 6 nitrogen and oxygen atoms in total. The summed E-state index contributed by atoms with van der Waals surface area (Å²) in [5, 5.41) is 11.2. The van der Waals surface area contributed by atoms with Gasteiger partial charge in [-0.3, -0.25) is 0 Å². The van der Waals surface area contributed by atoms with Gasteiger partial charge in [-0.2, -0.15) is 0 Å². The second-order valence-corrected chi connectivity index (χ2v) is 9.09. The molecule has 2 bridgehead atoms. The third kappa shape index (κ3) is 2.23. The Balaban J connectivity index is 1.71. The number of nitrogens with zero attached hydrogens (tertiary/aromatic N) is 1. The van der Waals surface area contributed by atoms with Crippen LogP contribution in [0.4, 0.5) is 0 Å². The quantitative estimate of drug-likeness (QED) is 0.541. The van der Waals surface area contributed by atoms with Gasteiger partial charge in [-0.1, -0.05) is 31.2 Å². The standard InChI is InChI=1S/C23H33NO5/c1-5-22-19(28-13-12-26-3)9-6-15-14-17-16-7-8-18(25)23(27-4,29-22)21(16,20(15)22)10-11-24(17)2/h6-9,16-19,25H,5,10-14H2,1-4H3/t16-,17+,18-,19?,21-,22?,23-/m0/s1. The van der Waals surface area contributed by atoms with Gasteiger partial charge in [-0.15, -0.1) is 0 Å². The van der Waals surface area contributed by atoms with Gasteiger partial charge in [0.15, 0.2) is 0 Å². The van der Waals surface area contributed by atoms with Crippen molar-refractivity contribution >= 4 is 0 Å². The van der Waals surface area contributed by atoms with Crippen molar-refractivity contribution in [2.24, 2.45) is 11.3 Å². The molecular formula is C23H33NO5. The molecule has 7 atom stereocenters. The highest BCUT2D eigenvalue weighted by Gasteiger charge is 2.78. The third-order valence-electron chi connectivity index (χ3n) is 8.22. The summed E-state index contributed by atoms with van der Waals surface area (Å²) in [4.78, 5) is 2.46. The highest BCUT2D eigenvalue weighted by molar-refractivity contribution is 5.54. The number of allylic oxidation sites excluding steroid dienone is 1. The molecule has 6 heteroatoms. The second-order valence-electron chi connectivity index (χ2n) is 9.09. The lowest BCUT2D eigenvalue weighted by molar-refractivity contribution is -0.331. The van der Waals surface area contributed by atoms with Crippen LogP contribution in [0.15, 0.2) is 35.5 Å². The van der Waals surface area contributed by atoms with Crippen molar-refractivity contribution in [3.05, 3.63) is 35.5 Å². The lowest BCUT2D eigenvalue weighted by Gasteiger charge is -2.60. The Morgan fingerprint density at radius 3 is 2.79 bits per heavy atom. The van der Waals surface area contributed by atoms with Crippen molar-refractivity contribution in [3.63, 3.8) is 0 Å². The fourth-order valence-corrected chi connectivity index (χ4v) is 7.04. The van der Waals surface area contributed by atoms with Crippen LogP contribution in [-0.2, 0) is 18.9 Å². The van der Waals surface area contributed by atoms with Crippen molar-refractivity contribution in [2.45, 2.75) is 55.8 Å². The molecule has 0 amide bonds. The third-order valence-corrected chi connectivity index (χ3v) is 8.22. The highest BCUT2D eigenvalue weighted by atomic mass is 16.7. The van der Waals surface area contributed by atoms with Gasteiger partial charge in [0, 0.05) is 26.2 Å². The van der Waals surface area contributed by atoms with Crippen LogP contribution in [0.25, 0.3) is 0 Å². The number of aliphatic hydroxyl groups excluding tert-OH is 1. The van der Waals surface area contributed by atoms with E-state index in [2.05, 4.69) is 37.1 Å². The zero-order chi connectivity index (χ0) is 20.4. The summed E-state index contributed by atoms with van der Waals surface area (Å²) in [6.45, 7) is 4.16. The first-order chi connectivity index (χ1) is 14.0. The molecule has 0 aromatic heterocycles. The van der Waals surface area contributed by atoms with Crippen molar-refractivity contribution < 1.29 is 24.1 Å². The molecule has 3 aliphatic carbocycles. The molecule has 0 aromatic carbocycles. The molecule has 2 heterocycles. The normalized spacial score (nSPS) is 47.6. The van der Waals surface area contributed by atoms with Gasteiger partial charge in [0.05, 0.1) is 18.6 Å². The largest absolute Gasteiger partial charge is 0.383 e. The van der Waals surface area contributed by atoms with Crippen LogP contribution >= 0.6 is 0 Å². The minimum atomic E-state index is -1.09. The van der Waals surface area contributed by atoms with Crippen LogP contribution in [0.1, 0.15) is 26.2 Å². The van der Waals surface area contributed by atoms with E-state index in [1.165, 1.54) is 11.1 Å². The first kappa shape index (κ1) is 19.9. The number of methoxy groups -OCH3 is 2. The molecule has 0 radical (unpaired) electrons. The first-order valence-electron chi connectivity index (χ1n) is 10.9. The molecule has 160 valence electrons. The minimum Gasteiger partial charge on any atom is -0.383 e. The molecule has 2 fully saturated rings. The van der Waals surface area contributed by atoms with Crippen molar-refractivity contribution in [1.29, 1.82) is 0 Å². The Morgan fingerprint density at radius 2 is 2.07 bits per heavy atom. The van der Waals surface area contributed by atoms with E-state index in [4.69, 9.17) is 18.9 Å². The molecule has 29 heavy (non-hydrogen) atoms. The number of likely N-dealkylation sites (tertiary alicyclic amines) is 1. The van der Waals surface area contributed by atoms with E-state index in [9.17, 15) is 5.11 Å². The van der Waals surface area contributed by atoms with E-state index in [-0.39, 0.29) is 17.4 Å². The van der Waals surface area contributed by atoms with E-state index in [1.54, 1.807) is 14.2 Å². The SMILES string of the molecule is CCC12O[C@@]3(OC)[C@@H](O)C=C[C@H]4[C@H]5CC(=C1[C@]43CCN5C)C=CC2OCCOC. The monoisotopic (exact) mass is 403 g/mol. The first-order valence-corrected chi connectivity index (χ1v) is 10.9. The fourth-order valence-electron chi connectivity index (χ4n) is 7.04. The van der Waals surface area contributed by atoms with Gasteiger partial charge in [0.25, 0.3) is 0 Å². The van der Waals surface area contributed by atoms with E-state index in [0.29, 0.717) is 19.3 Å². The molecular weight excluding hydrogens is 370 g/mol. The van der Waals surface area contributed by atoms with E-state index in [0.717, 1.165) is 25.8 Å². The van der Waals surface area contributed by atoms with Crippen molar-refractivity contribution in [1.82, 2.24) is 4.90 Å². The summed E-state index contributed by atoms with van der Waals surface area (Å²) >= 11 is 0. The molecule has 5 aliphatic rings. The molecule has 2 unspecified atom stereocenters. The highest BCUT2D eigenvalue weighted by Crippen LogP contribution is 2.71. The maximum absolute atomic E-state index is 11.2. The summed E-state index contributed by atoms with van der Waals surface area (Å²) < 4.78 is 24.7. The van der Waals surface area contributed by atoms with Gasteiger partial charge in [0.2, 0.25) is 5.79 Å². The Bertz CT molecular complexity index is 777. The maximum Gasteiger partial charge on any atom is 0.209 e. The zero-order valence-corrected chi connectivity index (χ0v) is 17.9. The molecule has 5 rings (SSSR count). The summed E-state index contributed by atoms with van der Waals surface area (Å²) in [5.41, 5.74) is 1.66. The maximum atomic E-state index is 11.2. The molecule has 1 N–H and O–H groups in total. The Hall–Kier alpha value is -1.02. The van der Waals surface area contributed by atoms with E-state index in [1.807, 2.05) is 6.08 Å². The number of ether oxygens (including phenoxy) is 4. The van der Waals surface area contributed by atoms with Gasteiger partial charge in [-0.05, 0) is 44.0 Å². The van der Waals surface area contributed by atoms with Crippen LogP contribution in [-0.4, -0.2) is 80.7 Å². The molecule has 0 saturated carbocycles. The van der Waals surface area contributed by atoms with Gasteiger partial charge in [-0.25, -0.2) is 0 Å². The second kappa shape index (κ2) is 6.74. The molecule has 2 saturated heterocycles. The topological polar surface area (TPSA) is 60.4 Å². The van der Waals surface area contributed by atoms with E-state index < -0.39 is 17.5 Å². The Labute approximate surface area is 173 Å². The lowest BCUT2D eigenvalue weighted by atomic mass is 9.49. The van der Waals surface area contributed by atoms with Crippen LogP contribution in [0.5, 0.6) is 0 Å². The summed E-state index contributed by atoms with van der Waals surface area (Å²) in [7, 11) is 5.58. The minimum absolute atomic E-state index is 0.225. The van der Waals surface area contributed by atoms with Crippen molar-refractivity contribution in [3.8, 4) is 0 Å². The molecule has 2 aliphatic heterocycles. The number of aliphatic hydroxyl groups is 1.